The summed E-state index contributed by atoms with van der Waals surface area (Å²) in [4.78, 5) is 3.90. The molecule has 1 heterocycles. The molecule has 0 atom stereocenters. The summed E-state index contributed by atoms with van der Waals surface area (Å²) in [7, 11) is 0. The Kier molecular flexibility index (Phi) is 3.31. The second-order valence-corrected chi connectivity index (χ2v) is 4.67. The smallest absolute Gasteiger partial charge is 0.223 e. The maximum absolute atomic E-state index is 9.09. The molecule has 84 valence electrons. The van der Waals surface area contributed by atoms with Gasteiger partial charge in [-0.25, -0.2) is 0 Å². The molecule has 0 unspecified atom stereocenters. The van der Waals surface area contributed by atoms with E-state index in [0.29, 0.717) is 11.7 Å². The Morgan fingerprint density at radius 1 is 1.50 bits per heavy atom. The lowest BCUT2D eigenvalue weighted by molar-refractivity contribution is 0.458. The molecule has 0 spiro atoms. The van der Waals surface area contributed by atoms with Gasteiger partial charge in [-0.1, -0.05) is 23.7 Å². The Bertz CT molecular complexity index is 478. The average molecular weight is 255 g/mol. The predicted octanol–water partition coefficient (Wildman–Crippen LogP) is 3.42. The van der Waals surface area contributed by atoms with Crippen LogP contribution in [0.25, 0.3) is 0 Å². The van der Waals surface area contributed by atoms with Gasteiger partial charge in [-0.15, -0.1) is 11.3 Å². The molecule has 2 aromatic rings. The highest BCUT2D eigenvalue weighted by atomic mass is 35.5. The van der Waals surface area contributed by atoms with Crippen LogP contribution < -0.4 is 5.32 Å². The van der Waals surface area contributed by atoms with Crippen LogP contribution in [0.5, 0.6) is 5.88 Å². The molecule has 0 amide bonds. The van der Waals surface area contributed by atoms with Crippen LogP contribution in [0.1, 0.15) is 11.1 Å². The minimum absolute atomic E-state index is 0.0448. The number of hydrogen-bond donors (Lipinski definition) is 2. The van der Waals surface area contributed by atoms with E-state index in [0.717, 1.165) is 16.1 Å². The average Bonchev–Trinajstić information content (AvgIpc) is 2.63. The fourth-order valence-electron chi connectivity index (χ4n) is 1.40. The maximum Gasteiger partial charge on any atom is 0.223 e. The van der Waals surface area contributed by atoms with Crippen molar-refractivity contribution in [3.05, 3.63) is 39.7 Å². The van der Waals surface area contributed by atoms with Gasteiger partial charge in [-0.3, -0.25) is 0 Å². The van der Waals surface area contributed by atoms with Crippen molar-refractivity contribution in [3.63, 3.8) is 0 Å². The molecule has 1 aromatic heterocycles. The summed E-state index contributed by atoms with van der Waals surface area (Å²) in [6, 6.07) is 5.81. The largest absolute Gasteiger partial charge is 0.493 e. The van der Waals surface area contributed by atoms with E-state index >= 15 is 0 Å². The van der Waals surface area contributed by atoms with Gasteiger partial charge in [0.15, 0.2) is 5.13 Å². The van der Waals surface area contributed by atoms with Gasteiger partial charge in [0.25, 0.3) is 0 Å². The molecule has 0 bridgehead atoms. The quantitative estimate of drug-likeness (QED) is 0.882. The molecule has 0 aliphatic carbocycles. The first-order valence-corrected chi connectivity index (χ1v) is 6.05. The summed E-state index contributed by atoms with van der Waals surface area (Å²) in [5, 5.41) is 15.2. The Morgan fingerprint density at radius 3 is 2.94 bits per heavy atom. The van der Waals surface area contributed by atoms with E-state index in [1.54, 1.807) is 5.38 Å². The van der Waals surface area contributed by atoms with Crippen LogP contribution in [0.15, 0.2) is 23.6 Å². The van der Waals surface area contributed by atoms with Crippen molar-refractivity contribution >= 4 is 28.1 Å². The first-order chi connectivity index (χ1) is 7.66. The van der Waals surface area contributed by atoms with E-state index in [1.807, 2.05) is 25.1 Å². The molecule has 2 N–H and O–H groups in total. The molecule has 0 fully saturated rings. The monoisotopic (exact) mass is 254 g/mol. The van der Waals surface area contributed by atoms with Gasteiger partial charge in [0.2, 0.25) is 5.88 Å². The minimum Gasteiger partial charge on any atom is -0.493 e. The van der Waals surface area contributed by atoms with Gasteiger partial charge in [0.05, 0.1) is 5.38 Å². The van der Waals surface area contributed by atoms with Crippen LogP contribution in [0.2, 0.25) is 5.02 Å². The number of anilines is 1. The van der Waals surface area contributed by atoms with Gasteiger partial charge in [0.1, 0.15) is 0 Å². The van der Waals surface area contributed by atoms with Crippen molar-refractivity contribution in [1.82, 2.24) is 4.98 Å². The molecular formula is C11H11ClN2OS. The molecular weight excluding hydrogens is 244 g/mol. The topological polar surface area (TPSA) is 45.2 Å². The van der Waals surface area contributed by atoms with E-state index in [9.17, 15) is 0 Å². The van der Waals surface area contributed by atoms with Crippen LogP contribution in [0, 0.1) is 6.92 Å². The fraction of sp³-hybridized carbons (Fsp3) is 0.182. The predicted molar refractivity (Wildman–Crippen MR) is 67.3 cm³/mol. The summed E-state index contributed by atoms with van der Waals surface area (Å²) in [5.41, 5.74) is 2.19. The number of aromatic nitrogens is 1. The lowest BCUT2D eigenvalue weighted by Crippen LogP contribution is -2.01. The first-order valence-electron chi connectivity index (χ1n) is 4.79. The van der Waals surface area contributed by atoms with Crippen molar-refractivity contribution in [1.29, 1.82) is 0 Å². The van der Waals surface area contributed by atoms with Crippen LogP contribution in [-0.4, -0.2) is 10.1 Å². The van der Waals surface area contributed by atoms with E-state index in [-0.39, 0.29) is 5.88 Å². The highest BCUT2D eigenvalue weighted by Gasteiger charge is 2.05. The molecule has 0 saturated carbocycles. The lowest BCUT2D eigenvalue weighted by atomic mass is 10.1. The molecule has 0 aliphatic rings. The Morgan fingerprint density at radius 2 is 2.31 bits per heavy atom. The molecule has 3 nitrogen and oxygen atoms in total. The second-order valence-electron chi connectivity index (χ2n) is 3.40. The van der Waals surface area contributed by atoms with E-state index < -0.39 is 0 Å². The van der Waals surface area contributed by atoms with Crippen molar-refractivity contribution in [2.24, 2.45) is 0 Å². The van der Waals surface area contributed by atoms with Crippen molar-refractivity contribution in [2.45, 2.75) is 13.5 Å². The van der Waals surface area contributed by atoms with Gasteiger partial charge >= 0.3 is 0 Å². The lowest BCUT2D eigenvalue weighted by Gasteiger charge is -2.08. The van der Waals surface area contributed by atoms with Gasteiger partial charge < -0.3 is 10.4 Å². The zero-order valence-corrected chi connectivity index (χ0v) is 10.3. The number of aromatic hydroxyl groups is 1. The van der Waals surface area contributed by atoms with Crippen molar-refractivity contribution in [2.75, 3.05) is 5.32 Å². The third-order valence-corrected chi connectivity index (χ3v) is 3.40. The van der Waals surface area contributed by atoms with E-state index in [4.69, 9.17) is 16.7 Å². The van der Waals surface area contributed by atoms with Crippen LogP contribution in [0.3, 0.4) is 0 Å². The number of thiazole rings is 1. The summed E-state index contributed by atoms with van der Waals surface area (Å²) in [6.45, 7) is 2.63. The molecule has 16 heavy (non-hydrogen) atoms. The van der Waals surface area contributed by atoms with Crippen molar-refractivity contribution < 1.29 is 5.11 Å². The molecule has 5 heteroatoms. The number of benzene rings is 1. The standard InChI is InChI=1S/C11H11ClN2OS/c1-7-3-2-4-9(12)8(7)5-13-11-14-10(15)6-16-11/h2-4,6,15H,5H2,1H3,(H,13,14). The summed E-state index contributed by atoms with van der Waals surface area (Å²) in [5.74, 6) is 0.0448. The molecule has 0 radical (unpaired) electrons. The number of rotatable bonds is 3. The normalized spacial score (nSPS) is 10.4. The summed E-state index contributed by atoms with van der Waals surface area (Å²) < 4.78 is 0. The van der Waals surface area contributed by atoms with Gasteiger partial charge in [-0.05, 0) is 24.1 Å². The van der Waals surface area contributed by atoms with Gasteiger partial charge in [-0.2, -0.15) is 4.98 Å². The molecule has 1 aromatic carbocycles. The highest BCUT2D eigenvalue weighted by molar-refractivity contribution is 7.13. The number of hydrogen-bond acceptors (Lipinski definition) is 4. The molecule has 0 aliphatic heterocycles. The van der Waals surface area contributed by atoms with Crippen LogP contribution in [0.4, 0.5) is 5.13 Å². The Hall–Kier alpha value is -1.26. The maximum atomic E-state index is 9.09. The van der Waals surface area contributed by atoms with E-state index in [2.05, 4.69) is 10.3 Å². The molecule has 0 saturated heterocycles. The van der Waals surface area contributed by atoms with Crippen molar-refractivity contribution in [3.8, 4) is 5.88 Å². The minimum atomic E-state index is 0.0448. The SMILES string of the molecule is Cc1cccc(Cl)c1CNc1nc(O)cs1. The van der Waals surface area contributed by atoms with Gasteiger partial charge in [0, 0.05) is 11.6 Å². The highest BCUT2D eigenvalue weighted by Crippen LogP contribution is 2.23. The van der Waals surface area contributed by atoms with Crippen LogP contribution >= 0.6 is 22.9 Å². The second kappa shape index (κ2) is 4.72. The fourth-order valence-corrected chi connectivity index (χ4v) is 2.26. The van der Waals surface area contributed by atoms with Crippen LogP contribution in [-0.2, 0) is 6.54 Å². The number of aryl methyl sites for hydroxylation is 1. The number of nitrogens with one attached hydrogen (secondary N) is 1. The summed E-state index contributed by atoms with van der Waals surface area (Å²) >= 11 is 7.46. The molecule has 2 rings (SSSR count). The summed E-state index contributed by atoms with van der Waals surface area (Å²) in [6.07, 6.45) is 0. The zero-order valence-electron chi connectivity index (χ0n) is 8.70. The Labute approximate surface area is 103 Å². The third-order valence-electron chi connectivity index (χ3n) is 2.26. The number of nitrogens with zero attached hydrogens (tertiary/aromatic N) is 1. The number of halogens is 1. The third kappa shape index (κ3) is 2.46. The zero-order chi connectivity index (χ0) is 11.5. The first kappa shape index (κ1) is 11.2. The van der Waals surface area contributed by atoms with E-state index in [1.165, 1.54) is 11.3 Å². The Balaban J connectivity index is 2.10.